The molecule has 3 aliphatic carbocycles. The van der Waals surface area contributed by atoms with Crippen LogP contribution >= 0.6 is 0 Å². The van der Waals surface area contributed by atoms with Crippen molar-refractivity contribution < 1.29 is 9.59 Å². The quantitative estimate of drug-likeness (QED) is 0.745. The molecule has 3 unspecified atom stereocenters. The van der Waals surface area contributed by atoms with E-state index in [4.69, 9.17) is 0 Å². The van der Waals surface area contributed by atoms with E-state index in [-0.39, 0.29) is 11.4 Å². The van der Waals surface area contributed by atoms with E-state index in [1.165, 1.54) is 19.3 Å². The topological polar surface area (TPSA) is 46.2 Å². The molecule has 4 rings (SSSR count). The summed E-state index contributed by atoms with van der Waals surface area (Å²) in [4.78, 5) is 23.7. The summed E-state index contributed by atoms with van der Waals surface area (Å²) in [6.45, 7) is 4.76. The summed E-state index contributed by atoms with van der Waals surface area (Å²) < 4.78 is 0. The summed E-state index contributed by atoms with van der Waals surface area (Å²) >= 11 is 0. The van der Waals surface area contributed by atoms with Gasteiger partial charge in [-0.15, -0.1) is 0 Å². The molecule has 6 atom stereocenters. The minimum atomic E-state index is 0.0319. The lowest BCUT2D eigenvalue weighted by atomic mass is 9.45. The number of carbonyl (C=O) groups excluding carboxylic acids is 2. The Morgan fingerprint density at radius 3 is 2.59 bits per heavy atom. The molecule has 0 aromatic carbocycles. The molecule has 22 heavy (non-hydrogen) atoms. The lowest BCUT2D eigenvalue weighted by Gasteiger charge is -2.61. The summed E-state index contributed by atoms with van der Waals surface area (Å²) in [6, 6.07) is 0. The van der Waals surface area contributed by atoms with Crippen LogP contribution in [0.4, 0.5) is 0 Å². The fourth-order valence-corrected chi connectivity index (χ4v) is 6.72. The van der Waals surface area contributed by atoms with Crippen molar-refractivity contribution in [2.75, 3.05) is 0 Å². The first-order valence-corrected chi connectivity index (χ1v) is 9.25. The highest BCUT2D eigenvalue weighted by molar-refractivity contribution is 5.79. The van der Waals surface area contributed by atoms with Crippen molar-refractivity contribution in [1.82, 2.24) is 5.32 Å². The zero-order valence-corrected chi connectivity index (χ0v) is 14.0. The van der Waals surface area contributed by atoms with Crippen molar-refractivity contribution in [2.45, 2.75) is 77.2 Å². The van der Waals surface area contributed by atoms with Gasteiger partial charge in [0.15, 0.2) is 0 Å². The second-order valence-electron chi connectivity index (χ2n) is 8.94. The number of piperidine rings is 1. The lowest BCUT2D eigenvalue weighted by Crippen LogP contribution is -2.63. The van der Waals surface area contributed by atoms with E-state index in [2.05, 4.69) is 19.2 Å². The normalized spacial score (nSPS) is 51.4. The minimum Gasteiger partial charge on any atom is -0.351 e. The number of rotatable bonds is 0. The molecule has 1 heterocycles. The van der Waals surface area contributed by atoms with Gasteiger partial charge >= 0.3 is 0 Å². The fraction of sp³-hybridized carbons (Fsp3) is 0.895. The number of nitrogens with one attached hydrogen (secondary N) is 1. The monoisotopic (exact) mass is 303 g/mol. The highest BCUT2D eigenvalue weighted by Crippen LogP contribution is 2.62. The van der Waals surface area contributed by atoms with Crippen molar-refractivity contribution in [3.63, 3.8) is 0 Å². The Kier molecular flexibility index (Phi) is 3.22. The highest BCUT2D eigenvalue weighted by atomic mass is 16.1. The fourth-order valence-electron chi connectivity index (χ4n) is 6.72. The van der Waals surface area contributed by atoms with Crippen LogP contribution < -0.4 is 5.32 Å². The van der Waals surface area contributed by atoms with Gasteiger partial charge < -0.3 is 5.32 Å². The third-order valence-electron chi connectivity index (χ3n) is 7.98. The molecule has 1 N–H and O–H groups in total. The average Bonchev–Trinajstić information content (AvgIpc) is 2.46. The van der Waals surface area contributed by atoms with Crippen LogP contribution in [0.25, 0.3) is 0 Å². The zero-order chi connectivity index (χ0) is 15.5. The molecule has 122 valence electrons. The van der Waals surface area contributed by atoms with Gasteiger partial charge in [-0.05, 0) is 74.5 Å². The Morgan fingerprint density at radius 1 is 0.955 bits per heavy atom. The van der Waals surface area contributed by atoms with Crippen LogP contribution in [-0.2, 0) is 9.59 Å². The van der Waals surface area contributed by atoms with Crippen molar-refractivity contribution in [2.24, 2.45) is 29.1 Å². The maximum atomic E-state index is 11.9. The lowest BCUT2D eigenvalue weighted by molar-refractivity contribution is -0.145. The van der Waals surface area contributed by atoms with Gasteiger partial charge in [0.2, 0.25) is 5.91 Å². The highest BCUT2D eigenvalue weighted by Gasteiger charge is 2.57. The smallest absolute Gasteiger partial charge is 0.220 e. The molecular formula is C19H29NO2. The molecule has 0 bridgehead atoms. The van der Waals surface area contributed by atoms with Crippen molar-refractivity contribution in [3.05, 3.63) is 0 Å². The number of hydrogen-bond donors (Lipinski definition) is 1. The summed E-state index contributed by atoms with van der Waals surface area (Å²) in [6.07, 6.45) is 9.38. The van der Waals surface area contributed by atoms with Crippen molar-refractivity contribution in [1.29, 1.82) is 0 Å². The van der Waals surface area contributed by atoms with E-state index in [1.54, 1.807) is 0 Å². The molecule has 1 amide bonds. The third kappa shape index (κ3) is 2.00. The summed E-state index contributed by atoms with van der Waals surface area (Å²) in [7, 11) is 0. The van der Waals surface area contributed by atoms with Gasteiger partial charge in [0.25, 0.3) is 0 Å². The molecule has 4 fully saturated rings. The molecule has 3 saturated carbocycles. The molecule has 0 radical (unpaired) electrons. The van der Waals surface area contributed by atoms with E-state index in [9.17, 15) is 9.59 Å². The first-order chi connectivity index (χ1) is 10.4. The first-order valence-electron chi connectivity index (χ1n) is 9.25. The van der Waals surface area contributed by atoms with Gasteiger partial charge in [0.1, 0.15) is 5.78 Å². The Morgan fingerprint density at radius 2 is 1.77 bits per heavy atom. The van der Waals surface area contributed by atoms with E-state index >= 15 is 0 Å². The first kappa shape index (κ1) is 14.7. The van der Waals surface area contributed by atoms with E-state index in [1.807, 2.05) is 0 Å². The summed E-state index contributed by atoms with van der Waals surface area (Å²) in [5, 5.41) is 3.33. The molecule has 0 spiro atoms. The van der Waals surface area contributed by atoms with Crippen LogP contribution in [0.1, 0.15) is 71.6 Å². The van der Waals surface area contributed by atoms with Crippen molar-refractivity contribution >= 4 is 11.7 Å². The van der Waals surface area contributed by atoms with E-state index in [0.29, 0.717) is 29.5 Å². The third-order valence-corrected chi connectivity index (χ3v) is 7.98. The number of Topliss-reactive ketones (excluding diaryl/α,β-unsaturated/α-hetero) is 1. The summed E-state index contributed by atoms with van der Waals surface area (Å²) in [5.74, 6) is 3.55. The SMILES string of the molecule is C[C@]12CCC3C(CC[C@@H]4CC(=O)CC[C@]34C)C1CCC(=O)N2. The van der Waals surface area contributed by atoms with E-state index < -0.39 is 0 Å². The van der Waals surface area contributed by atoms with Crippen molar-refractivity contribution in [3.8, 4) is 0 Å². The molecule has 3 nitrogen and oxygen atoms in total. The maximum Gasteiger partial charge on any atom is 0.220 e. The van der Waals surface area contributed by atoms with Gasteiger partial charge in [0.05, 0.1) is 0 Å². The number of carbonyl (C=O) groups is 2. The Labute approximate surface area is 133 Å². The van der Waals surface area contributed by atoms with Crippen LogP contribution in [0.15, 0.2) is 0 Å². The van der Waals surface area contributed by atoms with E-state index in [0.717, 1.165) is 43.9 Å². The number of hydrogen-bond acceptors (Lipinski definition) is 2. The predicted octanol–water partition coefficient (Wildman–Crippen LogP) is 3.47. The Bertz CT molecular complexity index is 516. The average molecular weight is 303 g/mol. The zero-order valence-electron chi connectivity index (χ0n) is 14.0. The molecule has 0 aromatic rings. The number of amides is 1. The second kappa shape index (κ2) is 4.82. The van der Waals surface area contributed by atoms with Crippen LogP contribution in [0.2, 0.25) is 0 Å². The largest absolute Gasteiger partial charge is 0.351 e. The summed E-state index contributed by atoms with van der Waals surface area (Å²) in [5.41, 5.74) is 0.407. The van der Waals surface area contributed by atoms with Crippen LogP contribution in [0, 0.1) is 29.1 Å². The molecule has 1 aliphatic heterocycles. The van der Waals surface area contributed by atoms with Gasteiger partial charge in [0, 0.05) is 24.8 Å². The maximum absolute atomic E-state index is 11.9. The van der Waals surface area contributed by atoms with Gasteiger partial charge in [-0.3, -0.25) is 9.59 Å². The van der Waals surface area contributed by atoms with Crippen LogP contribution in [0.3, 0.4) is 0 Å². The van der Waals surface area contributed by atoms with Gasteiger partial charge in [-0.25, -0.2) is 0 Å². The minimum absolute atomic E-state index is 0.0319. The van der Waals surface area contributed by atoms with Gasteiger partial charge in [-0.2, -0.15) is 0 Å². The Balaban J connectivity index is 1.62. The molecule has 3 heteroatoms. The standard InChI is InChI=1S/C19H29NO2/c1-18-9-7-13(21)11-12(18)3-4-14-15(18)8-10-19(2)16(14)5-6-17(22)20-19/h12,14-16H,3-11H2,1-2H3,(H,20,22)/t12-,14?,15?,16?,18+,19+/m1/s1. The molecule has 0 aromatic heterocycles. The van der Waals surface area contributed by atoms with Crippen LogP contribution in [-0.4, -0.2) is 17.2 Å². The molecule has 1 saturated heterocycles. The second-order valence-corrected chi connectivity index (χ2v) is 8.94. The number of ketones is 1. The Hall–Kier alpha value is -0.860. The number of fused-ring (bicyclic) bond motifs is 5. The molecule has 4 aliphatic rings. The molecular weight excluding hydrogens is 274 g/mol. The predicted molar refractivity (Wildman–Crippen MR) is 85.2 cm³/mol. The van der Waals surface area contributed by atoms with Crippen LogP contribution in [0.5, 0.6) is 0 Å². The van der Waals surface area contributed by atoms with Gasteiger partial charge in [-0.1, -0.05) is 6.92 Å².